The van der Waals surface area contributed by atoms with Gasteiger partial charge in [0, 0.05) is 28.2 Å². The lowest BCUT2D eigenvalue weighted by molar-refractivity contribution is -0.139. The van der Waals surface area contributed by atoms with Crippen LogP contribution in [0.1, 0.15) is 49.8 Å². The molecular formula is C25H29Cl3N2O2. The number of carbonyl (C=O) groups excluding carboxylic acids is 2. The van der Waals surface area contributed by atoms with Crippen molar-refractivity contribution in [1.29, 1.82) is 0 Å². The van der Waals surface area contributed by atoms with E-state index in [0.717, 1.165) is 24.8 Å². The number of carbonyl (C=O) groups is 2. The predicted molar refractivity (Wildman–Crippen MR) is 131 cm³/mol. The van der Waals surface area contributed by atoms with E-state index >= 15 is 0 Å². The van der Waals surface area contributed by atoms with Gasteiger partial charge in [-0.15, -0.1) is 11.6 Å². The van der Waals surface area contributed by atoms with Gasteiger partial charge < -0.3 is 10.2 Å². The Hall–Kier alpha value is -1.75. The number of rotatable bonds is 8. The maximum atomic E-state index is 13.6. The molecule has 2 aromatic rings. The summed E-state index contributed by atoms with van der Waals surface area (Å²) in [5.41, 5.74) is 1.49. The predicted octanol–water partition coefficient (Wildman–Crippen LogP) is 6.04. The van der Waals surface area contributed by atoms with Crippen LogP contribution in [0, 0.1) is 5.92 Å². The van der Waals surface area contributed by atoms with Gasteiger partial charge in [-0.25, -0.2) is 0 Å². The molecular weight excluding hydrogens is 467 g/mol. The van der Waals surface area contributed by atoms with Crippen molar-refractivity contribution in [3.05, 3.63) is 69.7 Å². The Labute approximate surface area is 205 Å². The fourth-order valence-corrected chi connectivity index (χ4v) is 4.98. The maximum absolute atomic E-state index is 13.6. The number of alkyl halides is 1. The van der Waals surface area contributed by atoms with Gasteiger partial charge in [-0.05, 0) is 42.9 Å². The lowest BCUT2D eigenvalue weighted by atomic mass is 9.85. The van der Waals surface area contributed by atoms with E-state index < -0.39 is 6.04 Å². The van der Waals surface area contributed by atoms with E-state index in [4.69, 9.17) is 34.8 Å². The molecule has 1 aliphatic rings. The minimum atomic E-state index is -0.869. The SMILES string of the molecule is C[C@@H]1CCCC[C@@H]1NC(=O)[C@@H](c1ccccc1Cl)N(CCc1ccccc1Cl)C(=O)CCl. The normalized spacial score (nSPS) is 19.2. The average molecular weight is 496 g/mol. The van der Waals surface area contributed by atoms with Gasteiger partial charge in [-0.3, -0.25) is 9.59 Å². The molecule has 7 heteroatoms. The summed E-state index contributed by atoms with van der Waals surface area (Å²) >= 11 is 18.8. The van der Waals surface area contributed by atoms with Gasteiger partial charge in [0.1, 0.15) is 11.9 Å². The molecule has 1 aliphatic carbocycles. The second kappa shape index (κ2) is 11.9. The summed E-state index contributed by atoms with van der Waals surface area (Å²) in [7, 11) is 0. The lowest BCUT2D eigenvalue weighted by Gasteiger charge is -2.35. The molecule has 2 amide bonds. The number of hydrogen-bond acceptors (Lipinski definition) is 2. The highest BCUT2D eigenvalue weighted by atomic mass is 35.5. The molecule has 0 spiro atoms. The van der Waals surface area contributed by atoms with Crippen molar-refractivity contribution in [3.8, 4) is 0 Å². The number of benzene rings is 2. The molecule has 4 nitrogen and oxygen atoms in total. The van der Waals surface area contributed by atoms with Crippen LogP contribution in [0.2, 0.25) is 10.0 Å². The first-order chi connectivity index (χ1) is 15.4. The maximum Gasteiger partial charge on any atom is 0.247 e. The van der Waals surface area contributed by atoms with E-state index in [1.165, 1.54) is 11.3 Å². The summed E-state index contributed by atoms with van der Waals surface area (Å²) in [6.45, 7) is 2.45. The fraction of sp³-hybridized carbons (Fsp3) is 0.440. The molecule has 0 unspecified atom stereocenters. The van der Waals surface area contributed by atoms with Crippen molar-refractivity contribution in [1.82, 2.24) is 10.2 Å². The molecule has 0 aliphatic heterocycles. The minimum absolute atomic E-state index is 0.0813. The van der Waals surface area contributed by atoms with Crippen LogP contribution in [0.15, 0.2) is 48.5 Å². The molecule has 0 saturated heterocycles. The van der Waals surface area contributed by atoms with Crippen molar-refractivity contribution in [3.63, 3.8) is 0 Å². The summed E-state index contributed by atoms with van der Waals surface area (Å²) in [4.78, 5) is 28.1. The Morgan fingerprint density at radius 2 is 1.69 bits per heavy atom. The summed E-state index contributed by atoms with van der Waals surface area (Å²) in [6, 6.07) is 13.9. The minimum Gasteiger partial charge on any atom is -0.351 e. The molecule has 1 saturated carbocycles. The molecule has 3 rings (SSSR count). The van der Waals surface area contributed by atoms with Crippen LogP contribution in [0.4, 0.5) is 0 Å². The number of amides is 2. The quantitative estimate of drug-likeness (QED) is 0.454. The molecule has 0 heterocycles. The van der Waals surface area contributed by atoms with Crippen LogP contribution < -0.4 is 5.32 Å². The van der Waals surface area contributed by atoms with Gasteiger partial charge >= 0.3 is 0 Å². The zero-order valence-corrected chi connectivity index (χ0v) is 20.5. The average Bonchev–Trinajstić information content (AvgIpc) is 2.79. The molecule has 0 bridgehead atoms. The first-order valence-corrected chi connectivity index (χ1v) is 12.3. The molecule has 3 atom stereocenters. The Balaban J connectivity index is 1.92. The van der Waals surface area contributed by atoms with Crippen molar-refractivity contribution in [2.24, 2.45) is 5.92 Å². The molecule has 1 N–H and O–H groups in total. The largest absolute Gasteiger partial charge is 0.351 e. The Morgan fingerprint density at radius 1 is 1.03 bits per heavy atom. The Kier molecular flexibility index (Phi) is 9.27. The monoisotopic (exact) mass is 494 g/mol. The van der Waals surface area contributed by atoms with Crippen LogP contribution in [-0.2, 0) is 16.0 Å². The number of nitrogens with zero attached hydrogens (tertiary/aromatic N) is 1. The van der Waals surface area contributed by atoms with E-state index in [0.29, 0.717) is 34.5 Å². The van der Waals surface area contributed by atoms with Gasteiger partial charge in [-0.1, -0.05) is 79.4 Å². The second-order valence-corrected chi connectivity index (χ2v) is 9.44. The number of hydrogen-bond donors (Lipinski definition) is 1. The zero-order valence-electron chi connectivity index (χ0n) is 18.2. The third-order valence-corrected chi connectivity index (χ3v) is 7.16. The first kappa shape index (κ1) is 24.9. The highest BCUT2D eigenvalue weighted by molar-refractivity contribution is 6.32. The van der Waals surface area contributed by atoms with E-state index in [2.05, 4.69) is 12.2 Å². The summed E-state index contributed by atoms with van der Waals surface area (Å²) in [5.74, 6) is -0.388. The van der Waals surface area contributed by atoms with Gasteiger partial charge in [-0.2, -0.15) is 0 Å². The summed E-state index contributed by atoms with van der Waals surface area (Å²) < 4.78 is 0. The van der Waals surface area contributed by atoms with Crippen LogP contribution >= 0.6 is 34.8 Å². The first-order valence-electron chi connectivity index (χ1n) is 11.1. The van der Waals surface area contributed by atoms with E-state index in [1.54, 1.807) is 12.1 Å². The topological polar surface area (TPSA) is 49.4 Å². The fourth-order valence-electron chi connectivity index (χ4n) is 4.36. The van der Waals surface area contributed by atoms with Crippen LogP contribution in [-0.4, -0.2) is 35.2 Å². The number of nitrogens with one attached hydrogen (secondary N) is 1. The third-order valence-electron chi connectivity index (χ3n) is 6.21. The smallest absolute Gasteiger partial charge is 0.247 e. The Morgan fingerprint density at radius 3 is 2.34 bits per heavy atom. The van der Waals surface area contributed by atoms with E-state index in [-0.39, 0.29) is 23.7 Å². The van der Waals surface area contributed by atoms with Gasteiger partial charge in [0.05, 0.1) is 0 Å². The molecule has 2 aromatic carbocycles. The highest BCUT2D eigenvalue weighted by Crippen LogP contribution is 2.31. The molecule has 0 radical (unpaired) electrons. The standard InChI is InChI=1S/C25H29Cl3N2O2/c1-17-8-2-7-13-22(17)29-25(32)24(19-10-4-6-12-21(19)28)30(23(31)16-26)15-14-18-9-3-5-11-20(18)27/h3-6,9-12,17,22,24H,2,7-8,13-16H2,1H3,(H,29,32)/t17-,22+,24-/m1/s1. The molecule has 0 aromatic heterocycles. The highest BCUT2D eigenvalue weighted by Gasteiger charge is 2.34. The van der Waals surface area contributed by atoms with Crippen molar-refractivity contribution >= 4 is 46.6 Å². The van der Waals surface area contributed by atoms with Gasteiger partial charge in [0.15, 0.2) is 0 Å². The van der Waals surface area contributed by atoms with E-state index in [1.807, 2.05) is 36.4 Å². The summed E-state index contributed by atoms with van der Waals surface area (Å²) in [5, 5.41) is 4.27. The molecule has 1 fully saturated rings. The van der Waals surface area contributed by atoms with Crippen molar-refractivity contribution in [2.45, 2.75) is 51.1 Å². The van der Waals surface area contributed by atoms with Crippen LogP contribution in [0.5, 0.6) is 0 Å². The molecule has 172 valence electrons. The second-order valence-electron chi connectivity index (χ2n) is 8.36. The Bertz CT molecular complexity index is 937. The lowest BCUT2D eigenvalue weighted by Crippen LogP contribution is -2.49. The number of halogens is 3. The third kappa shape index (κ3) is 6.18. The van der Waals surface area contributed by atoms with Gasteiger partial charge in [0.2, 0.25) is 11.8 Å². The van der Waals surface area contributed by atoms with Crippen LogP contribution in [0.25, 0.3) is 0 Å². The van der Waals surface area contributed by atoms with E-state index in [9.17, 15) is 9.59 Å². The van der Waals surface area contributed by atoms with Crippen LogP contribution in [0.3, 0.4) is 0 Å². The van der Waals surface area contributed by atoms with Crippen molar-refractivity contribution in [2.75, 3.05) is 12.4 Å². The zero-order chi connectivity index (χ0) is 23.1. The van der Waals surface area contributed by atoms with Crippen molar-refractivity contribution < 1.29 is 9.59 Å². The summed E-state index contributed by atoms with van der Waals surface area (Å²) in [6.07, 6.45) is 4.78. The molecule has 32 heavy (non-hydrogen) atoms. The van der Waals surface area contributed by atoms with Gasteiger partial charge in [0.25, 0.3) is 0 Å².